The molecule has 112 valence electrons. The first-order valence-electron chi connectivity index (χ1n) is 6.63. The molecule has 0 radical (unpaired) electrons. The Kier molecular flexibility index (Phi) is 6.23. The minimum Gasteiger partial charge on any atom is -0.310 e. The van der Waals surface area contributed by atoms with Crippen molar-refractivity contribution in [2.24, 2.45) is 0 Å². The van der Waals surface area contributed by atoms with Crippen LogP contribution in [0, 0.1) is 5.82 Å². The molecular weight excluding hydrogens is 420 g/mol. The second-order valence-corrected chi connectivity index (χ2v) is 6.91. The molecule has 0 bridgehead atoms. The van der Waals surface area contributed by atoms with E-state index in [0.717, 1.165) is 33.6 Å². The molecule has 0 fully saturated rings. The summed E-state index contributed by atoms with van der Waals surface area (Å²) >= 11 is 13.0. The largest absolute Gasteiger partial charge is 0.310 e. The monoisotopic (exact) mass is 433 g/mol. The molecule has 5 heteroatoms. The lowest BCUT2D eigenvalue weighted by molar-refractivity contribution is 0.548. The van der Waals surface area contributed by atoms with Crippen LogP contribution in [0.1, 0.15) is 24.1 Å². The molecule has 1 atom stereocenters. The summed E-state index contributed by atoms with van der Waals surface area (Å²) in [5.41, 5.74) is 2.08. The summed E-state index contributed by atoms with van der Waals surface area (Å²) in [7, 11) is 0. The SMILES string of the molecule is CCNC(Cc1ccc(F)c(Br)c1)c1cc(Br)ccc1Cl. The maximum Gasteiger partial charge on any atom is 0.137 e. The standard InChI is InChI=1S/C16H15Br2ClFN/c1-2-21-16(12-9-11(17)4-5-14(12)19)8-10-3-6-15(20)13(18)7-10/h3-7,9,16,21H,2,8H2,1H3. The molecule has 2 rings (SSSR count). The lowest BCUT2D eigenvalue weighted by Gasteiger charge is -2.20. The Morgan fingerprint density at radius 1 is 1.19 bits per heavy atom. The topological polar surface area (TPSA) is 12.0 Å². The first-order chi connectivity index (χ1) is 10.0. The fourth-order valence-electron chi connectivity index (χ4n) is 2.22. The van der Waals surface area contributed by atoms with Crippen LogP contribution in [0.3, 0.4) is 0 Å². The van der Waals surface area contributed by atoms with Crippen LogP contribution in [0.4, 0.5) is 4.39 Å². The highest BCUT2D eigenvalue weighted by molar-refractivity contribution is 9.10. The van der Waals surface area contributed by atoms with Gasteiger partial charge in [0.2, 0.25) is 0 Å². The van der Waals surface area contributed by atoms with Crippen LogP contribution in [0.5, 0.6) is 0 Å². The van der Waals surface area contributed by atoms with E-state index in [-0.39, 0.29) is 11.9 Å². The van der Waals surface area contributed by atoms with Crippen LogP contribution in [0.15, 0.2) is 45.3 Å². The fourth-order valence-corrected chi connectivity index (χ4v) is 3.28. The molecule has 1 nitrogen and oxygen atoms in total. The molecule has 1 N–H and O–H groups in total. The minimum atomic E-state index is -0.251. The number of nitrogens with one attached hydrogen (secondary N) is 1. The number of halogens is 4. The number of likely N-dealkylation sites (N-methyl/N-ethyl adjacent to an activating group) is 1. The van der Waals surface area contributed by atoms with Crippen LogP contribution in [-0.2, 0) is 6.42 Å². The van der Waals surface area contributed by atoms with E-state index in [1.165, 1.54) is 6.07 Å². The zero-order chi connectivity index (χ0) is 15.4. The van der Waals surface area contributed by atoms with E-state index in [0.29, 0.717) is 4.47 Å². The minimum absolute atomic E-state index is 0.0809. The van der Waals surface area contributed by atoms with Crippen molar-refractivity contribution < 1.29 is 4.39 Å². The van der Waals surface area contributed by atoms with E-state index in [1.807, 2.05) is 24.3 Å². The van der Waals surface area contributed by atoms with Gasteiger partial charge in [-0.05, 0) is 70.4 Å². The van der Waals surface area contributed by atoms with E-state index >= 15 is 0 Å². The third-order valence-electron chi connectivity index (χ3n) is 3.21. The van der Waals surface area contributed by atoms with Crippen LogP contribution in [-0.4, -0.2) is 6.54 Å². The van der Waals surface area contributed by atoms with E-state index in [4.69, 9.17) is 11.6 Å². The first kappa shape index (κ1) is 16.9. The molecule has 0 amide bonds. The number of hydrogen-bond acceptors (Lipinski definition) is 1. The molecule has 0 aliphatic carbocycles. The average Bonchev–Trinajstić information content (AvgIpc) is 2.45. The zero-order valence-corrected chi connectivity index (χ0v) is 15.4. The van der Waals surface area contributed by atoms with Crippen molar-refractivity contribution in [1.29, 1.82) is 0 Å². The number of benzene rings is 2. The predicted octanol–water partition coefficient (Wildman–Crippen LogP) is 5.90. The third kappa shape index (κ3) is 4.52. The van der Waals surface area contributed by atoms with Gasteiger partial charge in [-0.1, -0.05) is 40.5 Å². The Bertz CT molecular complexity index is 634. The van der Waals surface area contributed by atoms with E-state index in [9.17, 15) is 4.39 Å². The van der Waals surface area contributed by atoms with Gasteiger partial charge in [-0.3, -0.25) is 0 Å². The van der Waals surface area contributed by atoms with Crippen molar-refractivity contribution in [3.63, 3.8) is 0 Å². The van der Waals surface area contributed by atoms with E-state index in [1.54, 1.807) is 6.07 Å². The Balaban J connectivity index is 2.30. The molecule has 2 aromatic carbocycles. The third-order valence-corrected chi connectivity index (χ3v) is 4.65. The van der Waals surface area contributed by atoms with Crippen LogP contribution in [0.2, 0.25) is 5.02 Å². The number of hydrogen-bond donors (Lipinski definition) is 1. The molecule has 0 aliphatic heterocycles. The quantitative estimate of drug-likeness (QED) is 0.617. The van der Waals surface area contributed by atoms with Gasteiger partial charge in [0, 0.05) is 15.5 Å². The van der Waals surface area contributed by atoms with E-state index in [2.05, 4.69) is 44.1 Å². The van der Waals surface area contributed by atoms with Crippen molar-refractivity contribution in [2.45, 2.75) is 19.4 Å². The molecule has 0 heterocycles. The normalized spacial score (nSPS) is 12.4. The first-order valence-corrected chi connectivity index (χ1v) is 8.60. The second kappa shape index (κ2) is 7.73. The molecule has 21 heavy (non-hydrogen) atoms. The maximum absolute atomic E-state index is 13.3. The van der Waals surface area contributed by atoms with Crippen LogP contribution in [0.25, 0.3) is 0 Å². The van der Waals surface area contributed by atoms with Crippen molar-refractivity contribution in [1.82, 2.24) is 5.32 Å². The van der Waals surface area contributed by atoms with Crippen molar-refractivity contribution in [2.75, 3.05) is 6.54 Å². The molecule has 0 spiro atoms. The van der Waals surface area contributed by atoms with Crippen molar-refractivity contribution in [3.05, 3.63) is 67.3 Å². The molecule has 1 unspecified atom stereocenters. The van der Waals surface area contributed by atoms with Gasteiger partial charge in [0.1, 0.15) is 5.82 Å². The molecular formula is C16H15Br2ClFN. The van der Waals surface area contributed by atoms with Gasteiger partial charge in [-0.25, -0.2) is 4.39 Å². The maximum atomic E-state index is 13.3. The van der Waals surface area contributed by atoms with Gasteiger partial charge >= 0.3 is 0 Å². The lowest BCUT2D eigenvalue weighted by Crippen LogP contribution is -2.23. The summed E-state index contributed by atoms with van der Waals surface area (Å²) in [4.78, 5) is 0. The summed E-state index contributed by atoms with van der Waals surface area (Å²) in [6.45, 7) is 2.88. The fraction of sp³-hybridized carbons (Fsp3) is 0.250. The van der Waals surface area contributed by atoms with E-state index < -0.39 is 0 Å². The van der Waals surface area contributed by atoms with Gasteiger partial charge in [-0.15, -0.1) is 0 Å². The summed E-state index contributed by atoms with van der Waals surface area (Å²) in [5.74, 6) is -0.251. The number of rotatable bonds is 5. The smallest absolute Gasteiger partial charge is 0.137 e. The summed E-state index contributed by atoms with van der Waals surface area (Å²) in [6, 6.07) is 11.0. The molecule has 0 saturated heterocycles. The summed E-state index contributed by atoms with van der Waals surface area (Å²) < 4.78 is 14.8. The molecule has 0 saturated carbocycles. The van der Waals surface area contributed by atoms with Gasteiger partial charge < -0.3 is 5.32 Å². The molecule has 0 aliphatic rings. The average molecular weight is 436 g/mol. The highest BCUT2D eigenvalue weighted by atomic mass is 79.9. The zero-order valence-electron chi connectivity index (χ0n) is 11.5. The van der Waals surface area contributed by atoms with Crippen molar-refractivity contribution >= 4 is 43.5 Å². The lowest BCUT2D eigenvalue weighted by atomic mass is 9.98. The highest BCUT2D eigenvalue weighted by Gasteiger charge is 2.15. The Morgan fingerprint density at radius 3 is 2.62 bits per heavy atom. The summed E-state index contributed by atoms with van der Waals surface area (Å²) in [5, 5.41) is 4.16. The van der Waals surface area contributed by atoms with Gasteiger partial charge in [0.15, 0.2) is 0 Å². The van der Waals surface area contributed by atoms with Crippen LogP contribution < -0.4 is 5.32 Å². The second-order valence-electron chi connectivity index (χ2n) is 4.73. The summed E-state index contributed by atoms with van der Waals surface area (Å²) in [6.07, 6.45) is 0.739. The Morgan fingerprint density at radius 2 is 1.95 bits per heavy atom. The molecule has 0 aromatic heterocycles. The Labute approximate surface area is 146 Å². The van der Waals surface area contributed by atoms with Gasteiger partial charge in [-0.2, -0.15) is 0 Å². The van der Waals surface area contributed by atoms with Gasteiger partial charge in [0.25, 0.3) is 0 Å². The van der Waals surface area contributed by atoms with Gasteiger partial charge in [0.05, 0.1) is 4.47 Å². The Hall–Kier alpha value is -0.420. The van der Waals surface area contributed by atoms with Crippen LogP contribution >= 0.6 is 43.5 Å². The highest BCUT2D eigenvalue weighted by Crippen LogP contribution is 2.29. The van der Waals surface area contributed by atoms with Crippen molar-refractivity contribution in [3.8, 4) is 0 Å². The predicted molar refractivity (Wildman–Crippen MR) is 93.4 cm³/mol. The molecule has 2 aromatic rings.